The molecule has 94 valence electrons. The average Bonchev–Trinajstić information content (AvgIpc) is 2.76. The summed E-state index contributed by atoms with van der Waals surface area (Å²) in [6.07, 6.45) is -0.584. The van der Waals surface area contributed by atoms with Crippen LogP contribution in [0.1, 0.15) is 18.0 Å². The largest absolute Gasteiger partial charge is 0.312 e. The van der Waals surface area contributed by atoms with Gasteiger partial charge in [-0.2, -0.15) is 0 Å². The van der Waals surface area contributed by atoms with Crippen molar-refractivity contribution in [3.63, 3.8) is 0 Å². The number of aromatic nitrogens is 3. The molecule has 1 aliphatic rings. The first-order chi connectivity index (χ1) is 8.74. The lowest BCUT2D eigenvalue weighted by Gasteiger charge is -2.26. The Morgan fingerprint density at radius 3 is 2.50 bits per heavy atom. The summed E-state index contributed by atoms with van der Waals surface area (Å²) in [5, 5.41) is 11.3. The lowest BCUT2D eigenvalue weighted by atomic mass is 10.1. The van der Waals surface area contributed by atoms with Gasteiger partial charge in [-0.15, -0.1) is 5.10 Å². The van der Waals surface area contributed by atoms with Crippen LogP contribution in [-0.4, -0.2) is 28.1 Å². The molecule has 0 atom stereocenters. The van der Waals surface area contributed by atoms with Gasteiger partial charge < -0.3 is 5.32 Å². The zero-order valence-corrected chi connectivity index (χ0v) is 9.55. The third-order valence-corrected chi connectivity index (χ3v) is 3.10. The minimum absolute atomic E-state index is 0.0225. The van der Waals surface area contributed by atoms with Crippen LogP contribution in [0.25, 0.3) is 11.3 Å². The van der Waals surface area contributed by atoms with Crippen molar-refractivity contribution in [1.82, 2.24) is 20.3 Å². The predicted octanol–water partition coefficient (Wildman–Crippen LogP) is 2.03. The zero-order chi connectivity index (χ0) is 12.5. The number of hydrogen-bond acceptors (Lipinski definition) is 3. The molecule has 0 bridgehead atoms. The molecule has 1 fully saturated rings. The van der Waals surface area contributed by atoms with E-state index in [1.54, 1.807) is 12.1 Å². The topological polar surface area (TPSA) is 42.7 Å². The van der Waals surface area contributed by atoms with Gasteiger partial charge in [0.2, 0.25) is 0 Å². The fourth-order valence-corrected chi connectivity index (χ4v) is 1.85. The van der Waals surface area contributed by atoms with Gasteiger partial charge in [-0.25, -0.2) is 13.5 Å². The number of nitrogens with zero attached hydrogens (tertiary/aromatic N) is 3. The van der Waals surface area contributed by atoms with Gasteiger partial charge in [0.25, 0.3) is 6.43 Å². The van der Waals surface area contributed by atoms with Crippen molar-refractivity contribution in [3.8, 4) is 11.3 Å². The molecule has 6 heteroatoms. The molecule has 0 spiro atoms. The molecule has 1 N–H and O–H groups in total. The molecule has 2 aromatic rings. The van der Waals surface area contributed by atoms with E-state index in [0.717, 1.165) is 18.7 Å². The van der Waals surface area contributed by atoms with Crippen LogP contribution in [0.3, 0.4) is 0 Å². The van der Waals surface area contributed by atoms with Crippen LogP contribution in [0.2, 0.25) is 0 Å². The highest BCUT2D eigenvalue weighted by Crippen LogP contribution is 2.23. The van der Waals surface area contributed by atoms with Gasteiger partial charge >= 0.3 is 0 Å². The van der Waals surface area contributed by atoms with E-state index in [2.05, 4.69) is 15.6 Å². The summed E-state index contributed by atoms with van der Waals surface area (Å²) in [6, 6.07) is 6.49. The second-order valence-electron chi connectivity index (χ2n) is 4.32. The standard InChI is InChI=1S/C12H12F2N4/c13-12(14)9-3-1-8(2-4-9)11-7-18(17-16-11)10-5-15-6-10/h1-4,7,10,12,15H,5-6H2. The van der Waals surface area contributed by atoms with E-state index in [1.165, 1.54) is 12.1 Å². The predicted molar refractivity (Wildman–Crippen MR) is 62.3 cm³/mol. The first kappa shape index (κ1) is 11.3. The van der Waals surface area contributed by atoms with Crippen molar-refractivity contribution in [2.24, 2.45) is 0 Å². The molecule has 0 radical (unpaired) electrons. The number of hydrogen-bond donors (Lipinski definition) is 1. The lowest BCUT2D eigenvalue weighted by Crippen LogP contribution is -2.43. The molecular weight excluding hydrogens is 238 g/mol. The van der Waals surface area contributed by atoms with E-state index in [4.69, 9.17) is 0 Å². The molecule has 0 amide bonds. The molecule has 3 rings (SSSR count). The van der Waals surface area contributed by atoms with Gasteiger partial charge in [0.15, 0.2) is 0 Å². The Hall–Kier alpha value is -1.82. The van der Waals surface area contributed by atoms with Crippen LogP contribution < -0.4 is 5.32 Å². The molecule has 0 aliphatic carbocycles. The fraction of sp³-hybridized carbons (Fsp3) is 0.333. The maximum Gasteiger partial charge on any atom is 0.263 e. The third kappa shape index (κ3) is 1.99. The molecule has 1 aromatic heterocycles. The van der Waals surface area contributed by atoms with Crippen molar-refractivity contribution in [3.05, 3.63) is 36.0 Å². The molecule has 1 aromatic carbocycles. The van der Waals surface area contributed by atoms with E-state index >= 15 is 0 Å². The summed E-state index contributed by atoms with van der Waals surface area (Å²) >= 11 is 0. The molecule has 2 heterocycles. The van der Waals surface area contributed by atoms with Crippen LogP contribution in [0, 0.1) is 0 Å². The zero-order valence-electron chi connectivity index (χ0n) is 9.55. The Kier molecular flexibility index (Phi) is 2.79. The maximum absolute atomic E-state index is 12.4. The summed E-state index contributed by atoms with van der Waals surface area (Å²) in [4.78, 5) is 0. The highest BCUT2D eigenvalue weighted by molar-refractivity contribution is 5.58. The lowest BCUT2D eigenvalue weighted by molar-refractivity contribution is 0.151. The molecule has 4 nitrogen and oxygen atoms in total. The first-order valence-electron chi connectivity index (χ1n) is 5.75. The summed E-state index contributed by atoms with van der Waals surface area (Å²) in [5.74, 6) is 0. The summed E-state index contributed by atoms with van der Waals surface area (Å²) in [6.45, 7) is 1.79. The molecular formula is C12H12F2N4. The van der Waals surface area contributed by atoms with E-state index in [0.29, 0.717) is 11.7 Å². The quantitative estimate of drug-likeness (QED) is 0.906. The SMILES string of the molecule is FC(F)c1ccc(-c2cn(C3CNC3)nn2)cc1. The number of nitrogens with one attached hydrogen (secondary N) is 1. The second-order valence-corrected chi connectivity index (χ2v) is 4.32. The molecule has 1 saturated heterocycles. The van der Waals surface area contributed by atoms with Crippen LogP contribution in [0.4, 0.5) is 8.78 Å². The van der Waals surface area contributed by atoms with E-state index < -0.39 is 6.43 Å². The van der Waals surface area contributed by atoms with Crippen molar-refractivity contribution < 1.29 is 8.78 Å². The van der Waals surface area contributed by atoms with Crippen molar-refractivity contribution in [2.45, 2.75) is 12.5 Å². The van der Waals surface area contributed by atoms with Crippen LogP contribution in [-0.2, 0) is 0 Å². The number of alkyl halides is 2. The summed E-state index contributed by atoms with van der Waals surface area (Å²) in [5.41, 5.74) is 1.54. The summed E-state index contributed by atoms with van der Waals surface area (Å²) < 4.78 is 26.7. The van der Waals surface area contributed by atoms with Gasteiger partial charge in [0, 0.05) is 24.2 Å². The fourth-order valence-electron chi connectivity index (χ4n) is 1.85. The number of halogens is 2. The van der Waals surface area contributed by atoms with E-state index in [-0.39, 0.29) is 5.56 Å². The van der Waals surface area contributed by atoms with Gasteiger partial charge in [0.05, 0.1) is 12.2 Å². The van der Waals surface area contributed by atoms with Crippen LogP contribution >= 0.6 is 0 Å². The van der Waals surface area contributed by atoms with Crippen molar-refractivity contribution in [1.29, 1.82) is 0 Å². The van der Waals surface area contributed by atoms with Crippen LogP contribution in [0.15, 0.2) is 30.5 Å². The smallest absolute Gasteiger partial charge is 0.263 e. The van der Waals surface area contributed by atoms with E-state index in [1.807, 2.05) is 10.9 Å². The Bertz CT molecular complexity index is 531. The minimum Gasteiger partial charge on any atom is -0.312 e. The normalized spacial score (nSPS) is 15.9. The van der Waals surface area contributed by atoms with E-state index in [9.17, 15) is 8.78 Å². The molecule has 1 aliphatic heterocycles. The minimum atomic E-state index is -2.43. The molecule has 0 unspecified atom stereocenters. The third-order valence-electron chi connectivity index (χ3n) is 3.10. The Balaban J connectivity index is 1.83. The highest BCUT2D eigenvalue weighted by Gasteiger charge is 2.20. The van der Waals surface area contributed by atoms with Gasteiger partial charge in [-0.05, 0) is 0 Å². The average molecular weight is 250 g/mol. The monoisotopic (exact) mass is 250 g/mol. The van der Waals surface area contributed by atoms with Crippen molar-refractivity contribution >= 4 is 0 Å². The second kappa shape index (κ2) is 4.45. The Morgan fingerprint density at radius 1 is 1.22 bits per heavy atom. The highest BCUT2D eigenvalue weighted by atomic mass is 19.3. The Morgan fingerprint density at radius 2 is 1.94 bits per heavy atom. The molecule has 18 heavy (non-hydrogen) atoms. The van der Waals surface area contributed by atoms with Crippen molar-refractivity contribution in [2.75, 3.05) is 13.1 Å². The Labute approximate surface area is 103 Å². The summed E-state index contributed by atoms with van der Waals surface area (Å²) in [7, 11) is 0. The van der Waals surface area contributed by atoms with Gasteiger partial charge in [-0.1, -0.05) is 29.5 Å². The first-order valence-corrected chi connectivity index (χ1v) is 5.75. The van der Waals surface area contributed by atoms with Gasteiger partial charge in [0.1, 0.15) is 5.69 Å². The maximum atomic E-state index is 12.4. The number of benzene rings is 1. The molecule has 0 saturated carbocycles. The van der Waals surface area contributed by atoms with Gasteiger partial charge in [-0.3, -0.25) is 0 Å². The number of rotatable bonds is 3. The van der Waals surface area contributed by atoms with Crippen LogP contribution in [0.5, 0.6) is 0 Å².